The third kappa shape index (κ3) is 2.86. The normalized spacial score (nSPS) is 10.6. The highest BCUT2D eigenvalue weighted by molar-refractivity contribution is 9.10. The van der Waals surface area contributed by atoms with Crippen LogP contribution in [0.15, 0.2) is 28.7 Å². The van der Waals surface area contributed by atoms with Crippen molar-refractivity contribution in [2.75, 3.05) is 6.54 Å². The molecule has 1 rings (SSSR count). The quantitative estimate of drug-likeness (QED) is 0.847. The molecule has 0 heterocycles. The van der Waals surface area contributed by atoms with Gasteiger partial charge >= 0.3 is 0 Å². The van der Waals surface area contributed by atoms with Crippen LogP contribution in [-0.4, -0.2) is 12.5 Å². The first-order valence-electron chi connectivity index (χ1n) is 4.96. The molecule has 0 radical (unpaired) electrons. The van der Waals surface area contributed by atoms with Crippen LogP contribution in [0.1, 0.15) is 19.4 Å². The van der Waals surface area contributed by atoms with Gasteiger partial charge in [0.1, 0.15) is 0 Å². The molecule has 0 aliphatic carbocycles. The predicted molar refractivity (Wildman–Crippen MR) is 69.0 cm³/mol. The smallest absolute Gasteiger partial charge is 0.230 e. The van der Waals surface area contributed by atoms with E-state index in [9.17, 15) is 4.79 Å². The van der Waals surface area contributed by atoms with Gasteiger partial charge in [0, 0.05) is 4.47 Å². The number of amides is 1. The van der Waals surface area contributed by atoms with E-state index in [2.05, 4.69) is 27.2 Å². The summed E-state index contributed by atoms with van der Waals surface area (Å²) in [5.74, 6) is 2.33. The molecule has 0 aromatic heterocycles. The number of terminal acetylenes is 1. The molecular weight excluding hydrogens is 266 g/mol. The number of carbonyl (C=O) groups excluding carboxylic acids is 1. The van der Waals surface area contributed by atoms with E-state index in [1.165, 1.54) is 0 Å². The molecule has 2 nitrogen and oxygen atoms in total. The Kier molecular flexibility index (Phi) is 4.14. The standard InChI is InChI=1S/C13H14BrNO/c1-4-8-15-12(16)13(2,3)10-6-5-7-11(14)9-10/h1,5-7,9H,8H2,2-3H3,(H,15,16). The van der Waals surface area contributed by atoms with Gasteiger partial charge in [-0.1, -0.05) is 34.0 Å². The Morgan fingerprint density at radius 1 is 1.56 bits per heavy atom. The van der Waals surface area contributed by atoms with E-state index in [-0.39, 0.29) is 12.5 Å². The Morgan fingerprint density at radius 2 is 2.25 bits per heavy atom. The SMILES string of the molecule is C#CCNC(=O)C(C)(C)c1cccc(Br)c1. The Labute approximate surface area is 105 Å². The topological polar surface area (TPSA) is 29.1 Å². The lowest BCUT2D eigenvalue weighted by Crippen LogP contribution is -2.40. The molecule has 0 fully saturated rings. The summed E-state index contributed by atoms with van der Waals surface area (Å²) < 4.78 is 0.961. The molecule has 0 bridgehead atoms. The Morgan fingerprint density at radius 3 is 2.81 bits per heavy atom. The van der Waals surface area contributed by atoms with Crippen molar-refractivity contribution < 1.29 is 4.79 Å². The van der Waals surface area contributed by atoms with Gasteiger partial charge in [-0.05, 0) is 31.5 Å². The van der Waals surface area contributed by atoms with Gasteiger partial charge in [0.05, 0.1) is 12.0 Å². The summed E-state index contributed by atoms with van der Waals surface area (Å²) in [6, 6.07) is 7.71. The molecule has 0 spiro atoms. The number of halogens is 1. The first-order chi connectivity index (χ1) is 7.48. The Hall–Kier alpha value is -1.27. The fourth-order valence-electron chi connectivity index (χ4n) is 1.36. The first-order valence-corrected chi connectivity index (χ1v) is 5.75. The summed E-state index contributed by atoms with van der Waals surface area (Å²) in [7, 11) is 0. The van der Waals surface area contributed by atoms with Gasteiger partial charge in [0.2, 0.25) is 5.91 Å². The minimum atomic E-state index is -0.583. The van der Waals surface area contributed by atoms with E-state index >= 15 is 0 Å². The molecule has 1 amide bonds. The molecule has 84 valence electrons. The zero-order chi connectivity index (χ0) is 12.2. The summed E-state index contributed by atoms with van der Waals surface area (Å²) in [4.78, 5) is 11.9. The van der Waals surface area contributed by atoms with Crippen molar-refractivity contribution in [3.8, 4) is 12.3 Å². The number of hydrogen-bond donors (Lipinski definition) is 1. The van der Waals surface area contributed by atoms with Crippen molar-refractivity contribution >= 4 is 21.8 Å². The van der Waals surface area contributed by atoms with Crippen molar-refractivity contribution in [1.29, 1.82) is 0 Å². The summed E-state index contributed by atoms with van der Waals surface area (Å²) in [5, 5.41) is 2.70. The van der Waals surface area contributed by atoms with Gasteiger partial charge < -0.3 is 5.32 Å². The van der Waals surface area contributed by atoms with Crippen LogP contribution in [0.25, 0.3) is 0 Å². The molecule has 0 aliphatic heterocycles. The summed E-state index contributed by atoms with van der Waals surface area (Å²) in [6.45, 7) is 4.01. The second-order valence-corrected chi connectivity index (χ2v) is 4.94. The lowest BCUT2D eigenvalue weighted by molar-refractivity contribution is -0.125. The number of benzene rings is 1. The molecule has 3 heteroatoms. The zero-order valence-corrected chi connectivity index (χ0v) is 11.0. The highest BCUT2D eigenvalue weighted by Gasteiger charge is 2.29. The van der Waals surface area contributed by atoms with Crippen LogP contribution >= 0.6 is 15.9 Å². The lowest BCUT2D eigenvalue weighted by Gasteiger charge is -2.23. The molecular formula is C13H14BrNO. The maximum atomic E-state index is 11.9. The number of nitrogens with one attached hydrogen (secondary N) is 1. The summed E-state index contributed by atoms with van der Waals surface area (Å²) in [6.07, 6.45) is 5.11. The number of carbonyl (C=O) groups is 1. The van der Waals surface area contributed by atoms with Crippen molar-refractivity contribution in [1.82, 2.24) is 5.32 Å². The average molecular weight is 280 g/mol. The first kappa shape index (κ1) is 12.8. The predicted octanol–water partition coefficient (Wildman–Crippen LogP) is 2.48. The van der Waals surface area contributed by atoms with Crippen LogP contribution in [0.4, 0.5) is 0 Å². The van der Waals surface area contributed by atoms with Gasteiger partial charge in [-0.2, -0.15) is 0 Å². The fourth-order valence-corrected chi connectivity index (χ4v) is 1.76. The van der Waals surface area contributed by atoms with Crippen molar-refractivity contribution in [3.63, 3.8) is 0 Å². The third-order valence-electron chi connectivity index (χ3n) is 2.46. The molecule has 0 unspecified atom stereocenters. The van der Waals surface area contributed by atoms with Gasteiger partial charge in [0.15, 0.2) is 0 Å². The molecule has 1 N–H and O–H groups in total. The fraction of sp³-hybridized carbons (Fsp3) is 0.308. The molecule has 1 aromatic carbocycles. The van der Waals surface area contributed by atoms with Crippen molar-refractivity contribution in [2.24, 2.45) is 0 Å². The minimum Gasteiger partial charge on any atom is -0.344 e. The van der Waals surface area contributed by atoms with E-state index < -0.39 is 5.41 Å². The third-order valence-corrected chi connectivity index (χ3v) is 2.96. The van der Waals surface area contributed by atoms with Gasteiger partial charge in [-0.25, -0.2) is 0 Å². The summed E-state index contributed by atoms with van der Waals surface area (Å²) in [5.41, 5.74) is 0.372. The van der Waals surface area contributed by atoms with E-state index in [0.717, 1.165) is 10.0 Å². The van der Waals surface area contributed by atoms with E-state index in [4.69, 9.17) is 6.42 Å². The van der Waals surface area contributed by atoms with Gasteiger partial charge in [-0.3, -0.25) is 4.79 Å². The maximum Gasteiger partial charge on any atom is 0.230 e. The second-order valence-electron chi connectivity index (χ2n) is 4.02. The highest BCUT2D eigenvalue weighted by atomic mass is 79.9. The molecule has 0 saturated heterocycles. The lowest BCUT2D eigenvalue weighted by atomic mass is 9.84. The number of hydrogen-bond acceptors (Lipinski definition) is 1. The van der Waals surface area contributed by atoms with E-state index in [1.54, 1.807) is 0 Å². The largest absolute Gasteiger partial charge is 0.344 e. The van der Waals surface area contributed by atoms with Crippen molar-refractivity contribution in [2.45, 2.75) is 19.3 Å². The molecule has 0 aliphatic rings. The highest BCUT2D eigenvalue weighted by Crippen LogP contribution is 2.25. The van der Waals surface area contributed by atoms with Crippen molar-refractivity contribution in [3.05, 3.63) is 34.3 Å². The molecule has 16 heavy (non-hydrogen) atoms. The molecule has 0 saturated carbocycles. The monoisotopic (exact) mass is 279 g/mol. The van der Waals surface area contributed by atoms with Gasteiger partial charge in [-0.15, -0.1) is 6.42 Å². The number of rotatable bonds is 3. The summed E-state index contributed by atoms with van der Waals surface area (Å²) >= 11 is 3.39. The van der Waals surface area contributed by atoms with E-state index in [0.29, 0.717) is 0 Å². The van der Waals surface area contributed by atoms with E-state index in [1.807, 2.05) is 38.1 Å². The van der Waals surface area contributed by atoms with Crippen LogP contribution in [0.3, 0.4) is 0 Å². The zero-order valence-electron chi connectivity index (χ0n) is 9.38. The van der Waals surface area contributed by atoms with Crippen LogP contribution in [0, 0.1) is 12.3 Å². The molecule has 1 aromatic rings. The van der Waals surface area contributed by atoms with Gasteiger partial charge in [0.25, 0.3) is 0 Å². The minimum absolute atomic E-state index is 0.0662. The second kappa shape index (κ2) is 5.18. The van der Waals surface area contributed by atoms with Crippen LogP contribution in [0.2, 0.25) is 0 Å². The average Bonchev–Trinajstić information content (AvgIpc) is 2.25. The van der Waals surface area contributed by atoms with Crippen LogP contribution in [-0.2, 0) is 10.2 Å². The van der Waals surface area contributed by atoms with Crippen LogP contribution < -0.4 is 5.32 Å². The Balaban J connectivity index is 2.93. The Bertz CT molecular complexity index is 432. The van der Waals surface area contributed by atoms with Crippen LogP contribution in [0.5, 0.6) is 0 Å². The molecule has 0 atom stereocenters. The maximum absolute atomic E-state index is 11.9.